The van der Waals surface area contributed by atoms with Crippen LogP contribution in [0.5, 0.6) is 0 Å². The van der Waals surface area contributed by atoms with Gasteiger partial charge in [-0.15, -0.1) is 0 Å². The molecule has 0 spiro atoms. The van der Waals surface area contributed by atoms with Gasteiger partial charge in [0.1, 0.15) is 0 Å². The van der Waals surface area contributed by atoms with Gasteiger partial charge in [-0.25, -0.2) is 4.79 Å². The predicted octanol–water partition coefficient (Wildman–Crippen LogP) is 2.71. The highest BCUT2D eigenvalue weighted by molar-refractivity contribution is 5.82. The van der Waals surface area contributed by atoms with Gasteiger partial charge in [-0.2, -0.15) is 0 Å². The van der Waals surface area contributed by atoms with E-state index in [2.05, 4.69) is 20.8 Å². The van der Waals surface area contributed by atoms with Gasteiger partial charge in [-0.1, -0.05) is 39.0 Å². The number of allylic oxidation sites excluding steroid dienone is 3. The van der Waals surface area contributed by atoms with Gasteiger partial charge in [0.2, 0.25) is 0 Å². The van der Waals surface area contributed by atoms with Gasteiger partial charge in [-0.05, 0) is 12.3 Å². The fourth-order valence-electron chi connectivity index (χ4n) is 0.669. The molecule has 0 aliphatic heterocycles. The Morgan fingerprint density at radius 1 is 1.31 bits per heavy atom. The van der Waals surface area contributed by atoms with Crippen LogP contribution in [0.15, 0.2) is 24.3 Å². The van der Waals surface area contributed by atoms with Crippen LogP contribution in [0, 0.1) is 5.41 Å². The maximum Gasteiger partial charge on any atom is 0.330 e. The fourth-order valence-corrected chi connectivity index (χ4v) is 0.669. The summed E-state index contributed by atoms with van der Waals surface area (Å²) in [5.41, 5.74) is 0.152. The Morgan fingerprint density at radius 3 is 2.38 bits per heavy atom. The molecule has 2 nitrogen and oxygen atoms in total. The van der Waals surface area contributed by atoms with Crippen molar-refractivity contribution in [1.82, 2.24) is 0 Å². The van der Waals surface area contributed by atoms with Crippen molar-refractivity contribution in [2.24, 2.45) is 5.41 Å². The third-order valence-electron chi connectivity index (χ3n) is 1.23. The number of esters is 1. The molecule has 0 rings (SSSR count). The monoisotopic (exact) mass is 182 g/mol. The molecule has 0 aromatic heterocycles. The van der Waals surface area contributed by atoms with Crippen molar-refractivity contribution in [2.75, 3.05) is 6.61 Å². The number of carbonyl (C=O) groups is 1. The molecule has 0 radical (unpaired) electrons. The van der Waals surface area contributed by atoms with Crippen LogP contribution in [0.2, 0.25) is 0 Å². The molecule has 0 bridgehead atoms. The summed E-state index contributed by atoms with van der Waals surface area (Å²) >= 11 is 0. The molecule has 0 N–H and O–H groups in total. The molecule has 0 amide bonds. The van der Waals surface area contributed by atoms with Crippen LogP contribution in [-0.2, 0) is 9.53 Å². The van der Waals surface area contributed by atoms with Gasteiger partial charge in [0.05, 0.1) is 6.61 Å². The predicted molar refractivity (Wildman–Crippen MR) is 54.4 cm³/mol. The Labute approximate surface area is 80.3 Å². The second-order valence-electron chi connectivity index (χ2n) is 3.84. The van der Waals surface area contributed by atoms with Crippen molar-refractivity contribution in [3.63, 3.8) is 0 Å². The minimum absolute atomic E-state index is 0.152. The minimum Gasteiger partial charge on any atom is -0.463 e. The normalized spacial score (nSPS) is 12.6. The van der Waals surface area contributed by atoms with Crippen LogP contribution in [0.25, 0.3) is 0 Å². The smallest absolute Gasteiger partial charge is 0.330 e. The Morgan fingerprint density at radius 2 is 1.92 bits per heavy atom. The zero-order valence-electron chi connectivity index (χ0n) is 8.83. The molecule has 0 saturated carbocycles. The summed E-state index contributed by atoms with van der Waals surface area (Å²) in [4.78, 5) is 10.8. The Bertz CT molecular complexity index is 207. The van der Waals surface area contributed by atoms with Crippen LogP contribution in [0.4, 0.5) is 0 Å². The third kappa shape index (κ3) is 8.86. The highest BCUT2D eigenvalue weighted by Crippen LogP contribution is 2.14. The topological polar surface area (TPSA) is 26.3 Å². The standard InChI is InChI=1S/C11H18O2/c1-5-13-10(12)8-6-7-9-11(2,3)4/h6-9H,5H2,1-4H3/b8-6+,9-7+. The highest BCUT2D eigenvalue weighted by atomic mass is 16.5. The lowest BCUT2D eigenvalue weighted by Gasteiger charge is -2.09. The van der Waals surface area contributed by atoms with Crippen LogP contribution in [-0.4, -0.2) is 12.6 Å². The first kappa shape index (κ1) is 11.9. The van der Waals surface area contributed by atoms with E-state index in [1.54, 1.807) is 13.0 Å². The van der Waals surface area contributed by atoms with Crippen LogP contribution in [0.3, 0.4) is 0 Å². The second kappa shape index (κ2) is 5.57. The molecular formula is C11H18O2. The lowest BCUT2D eigenvalue weighted by Crippen LogP contribution is -1.99. The van der Waals surface area contributed by atoms with Crippen LogP contribution >= 0.6 is 0 Å². The van der Waals surface area contributed by atoms with Crippen LogP contribution < -0.4 is 0 Å². The van der Waals surface area contributed by atoms with E-state index < -0.39 is 0 Å². The Kier molecular flexibility index (Phi) is 5.12. The van der Waals surface area contributed by atoms with Gasteiger partial charge in [0.15, 0.2) is 0 Å². The summed E-state index contributed by atoms with van der Waals surface area (Å²) in [6.45, 7) is 8.51. The summed E-state index contributed by atoms with van der Waals surface area (Å²) in [5, 5.41) is 0. The summed E-state index contributed by atoms with van der Waals surface area (Å²) in [6.07, 6.45) is 7.01. The molecule has 0 fully saturated rings. The zero-order valence-corrected chi connectivity index (χ0v) is 8.83. The summed E-state index contributed by atoms with van der Waals surface area (Å²) < 4.78 is 4.71. The summed E-state index contributed by atoms with van der Waals surface area (Å²) in [6, 6.07) is 0. The van der Waals surface area contributed by atoms with Gasteiger partial charge in [0, 0.05) is 6.08 Å². The molecule has 0 aliphatic rings. The van der Waals surface area contributed by atoms with E-state index in [-0.39, 0.29) is 11.4 Å². The van der Waals surface area contributed by atoms with E-state index in [1.807, 2.05) is 12.2 Å². The number of carbonyl (C=O) groups excluding carboxylic acids is 1. The van der Waals surface area contributed by atoms with Crippen molar-refractivity contribution in [3.8, 4) is 0 Å². The first-order valence-electron chi connectivity index (χ1n) is 4.48. The average Bonchev–Trinajstić information content (AvgIpc) is 1.97. The molecule has 13 heavy (non-hydrogen) atoms. The first-order chi connectivity index (χ1) is 5.95. The molecule has 0 saturated heterocycles. The van der Waals surface area contributed by atoms with E-state index in [0.29, 0.717) is 6.61 Å². The largest absolute Gasteiger partial charge is 0.463 e. The maximum absolute atomic E-state index is 10.8. The maximum atomic E-state index is 10.8. The first-order valence-corrected chi connectivity index (χ1v) is 4.48. The Balaban J connectivity index is 3.88. The highest BCUT2D eigenvalue weighted by Gasteiger charge is 2.01. The van der Waals surface area contributed by atoms with Crippen molar-refractivity contribution in [1.29, 1.82) is 0 Å². The molecule has 0 aromatic rings. The van der Waals surface area contributed by atoms with Gasteiger partial charge < -0.3 is 4.74 Å². The number of hydrogen-bond donors (Lipinski definition) is 0. The van der Waals surface area contributed by atoms with E-state index in [4.69, 9.17) is 4.74 Å². The molecule has 0 unspecified atom stereocenters. The minimum atomic E-state index is -0.291. The molecule has 0 aliphatic carbocycles. The Hall–Kier alpha value is -1.05. The SMILES string of the molecule is CCOC(=O)/C=C/C=C/C(C)(C)C. The molecular weight excluding hydrogens is 164 g/mol. The molecule has 0 aromatic carbocycles. The van der Waals surface area contributed by atoms with E-state index in [0.717, 1.165) is 0 Å². The third-order valence-corrected chi connectivity index (χ3v) is 1.23. The van der Waals surface area contributed by atoms with Crippen molar-refractivity contribution >= 4 is 5.97 Å². The van der Waals surface area contributed by atoms with Crippen LogP contribution in [0.1, 0.15) is 27.7 Å². The van der Waals surface area contributed by atoms with Crippen molar-refractivity contribution < 1.29 is 9.53 Å². The molecule has 0 heterocycles. The average molecular weight is 182 g/mol. The van der Waals surface area contributed by atoms with Crippen molar-refractivity contribution in [3.05, 3.63) is 24.3 Å². The molecule has 2 heteroatoms. The van der Waals surface area contributed by atoms with Gasteiger partial charge in [-0.3, -0.25) is 0 Å². The lowest BCUT2D eigenvalue weighted by molar-refractivity contribution is -0.137. The fraction of sp³-hybridized carbons (Fsp3) is 0.545. The summed E-state index contributed by atoms with van der Waals surface area (Å²) in [5.74, 6) is -0.291. The summed E-state index contributed by atoms with van der Waals surface area (Å²) in [7, 11) is 0. The van der Waals surface area contributed by atoms with Gasteiger partial charge in [0.25, 0.3) is 0 Å². The van der Waals surface area contributed by atoms with E-state index in [9.17, 15) is 4.79 Å². The van der Waals surface area contributed by atoms with Crippen molar-refractivity contribution in [2.45, 2.75) is 27.7 Å². The molecule has 74 valence electrons. The quantitative estimate of drug-likeness (QED) is 0.381. The lowest BCUT2D eigenvalue weighted by atomic mass is 9.96. The number of rotatable bonds is 3. The second-order valence-corrected chi connectivity index (χ2v) is 3.84. The van der Waals surface area contributed by atoms with Gasteiger partial charge >= 0.3 is 5.97 Å². The van der Waals surface area contributed by atoms with E-state index in [1.165, 1.54) is 6.08 Å². The number of ether oxygens (including phenoxy) is 1. The molecule has 0 atom stereocenters. The zero-order chi connectivity index (χ0) is 10.3. The number of hydrogen-bond acceptors (Lipinski definition) is 2. The van der Waals surface area contributed by atoms with E-state index >= 15 is 0 Å².